The Balaban J connectivity index is 1.79. The quantitative estimate of drug-likeness (QED) is 0.624. The molecule has 1 N–H and O–H groups in total. The monoisotopic (exact) mass is 377 g/mol. The van der Waals surface area contributed by atoms with Gasteiger partial charge in [0.1, 0.15) is 5.75 Å². The minimum absolute atomic E-state index is 0.224. The van der Waals surface area contributed by atoms with E-state index in [1.807, 2.05) is 24.3 Å². The Hall–Kier alpha value is -3.36. The summed E-state index contributed by atoms with van der Waals surface area (Å²) in [5.74, 6) is 0.801. The Kier molecular flexibility index (Phi) is 6.03. The maximum atomic E-state index is 12.2. The molecular weight excluding hydrogens is 362 g/mol. The highest BCUT2D eigenvalue weighted by molar-refractivity contribution is 6.30. The van der Waals surface area contributed by atoms with Crippen molar-refractivity contribution >= 4 is 17.5 Å². The SMILES string of the molecule is N#CCCNC(=O)c1cccc(-c2cccc(Oc3cccc(Cl)c3)n2)c1. The largest absolute Gasteiger partial charge is 0.439 e. The van der Waals surface area contributed by atoms with Crippen LogP contribution >= 0.6 is 11.6 Å². The molecule has 0 radical (unpaired) electrons. The van der Waals surface area contributed by atoms with E-state index in [2.05, 4.69) is 10.3 Å². The minimum Gasteiger partial charge on any atom is -0.439 e. The van der Waals surface area contributed by atoms with Gasteiger partial charge in [0, 0.05) is 28.8 Å². The molecule has 2 aromatic carbocycles. The maximum absolute atomic E-state index is 12.2. The van der Waals surface area contributed by atoms with E-state index >= 15 is 0 Å². The molecule has 1 heterocycles. The van der Waals surface area contributed by atoms with Crippen LogP contribution in [0.5, 0.6) is 11.6 Å². The second kappa shape index (κ2) is 8.84. The molecule has 0 bridgehead atoms. The summed E-state index contributed by atoms with van der Waals surface area (Å²) in [5.41, 5.74) is 1.98. The van der Waals surface area contributed by atoms with Crippen molar-refractivity contribution in [2.75, 3.05) is 6.54 Å². The van der Waals surface area contributed by atoms with E-state index in [1.54, 1.807) is 48.5 Å². The van der Waals surface area contributed by atoms with Gasteiger partial charge in [0.15, 0.2) is 0 Å². The molecule has 0 aliphatic heterocycles. The molecule has 5 nitrogen and oxygen atoms in total. The number of halogens is 1. The second-order valence-electron chi connectivity index (χ2n) is 5.67. The van der Waals surface area contributed by atoms with Gasteiger partial charge in [-0.05, 0) is 36.4 Å². The fourth-order valence-electron chi connectivity index (χ4n) is 2.44. The summed E-state index contributed by atoms with van der Waals surface area (Å²) in [7, 11) is 0. The molecule has 0 saturated heterocycles. The van der Waals surface area contributed by atoms with Crippen molar-refractivity contribution in [3.8, 4) is 29.0 Å². The summed E-state index contributed by atoms with van der Waals surface area (Å²) in [6.07, 6.45) is 0.274. The zero-order valence-corrected chi connectivity index (χ0v) is 15.1. The van der Waals surface area contributed by atoms with Gasteiger partial charge in [0.05, 0.1) is 18.2 Å². The van der Waals surface area contributed by atoms with Gasteiger partial charge in [0.25, 0.3) is 5.91 Å². The highest BCUT2D eigenvalue weighted by Gasteiger charge is 2.08. The molecule has 0 spiro atoms. The van der Waals surface area contributed by atoms with Crippen molar-refractivity contribution in [3.05, 3.63) is 77.3 Å². The number of nitrogens with one attached hydrogen (secondary N) is 1. The molecule has 0 atom stereocenters. The summed E-state index contributed by atoms with van der Waals surface area (Å²) in [4.78, 5) is 16.7. The Morgan fingerprint density at radius 1 is 1.11 bits per heavy atom. The van der Waals surface area contributed by atoms with E-state index in [-0.39, 0.29) is 12.3 Å². The van der Waals surface area contributed by atoms with Crippen molar-refractivity contribution in [2.24, 2.45) is 0 Å². The van der Waals surface area contributed by atoms with Crippen molar-refractivity contribution in [2.45, 2.75) is 6.42 Å². The zero-order valence-electron chi connectivity index (χ0n) is 14.4. The first kappa shape index (κ1) is 18.4. The normalized spacial score (nSPS) is 10.1. The van der Waals surface area contributed by atoms with Gasteiger partial charge in [-0.2, -0.15) is 5.26 Å². The number of rotatable bonds is 6. The summed E-state index contributed by atoms with van der Waals surface area (Å²) < 4.78 is 5.76. The third-order valence-corrected chi connectivity index (χ3v) is 3.92. The van der Waals surface area contributed by atoms with Crippen molar-refractivity contribution < 1.29 is 9.53 Å². The van der Waals surface area contributed by atoms with Gasteiger partial charge in [-0.3, -0.25) is 4.79 Å². The van der Waals surface area contributed by atoms with Gasteiger partial charge in [-0.25, -0.2) is 4.98 Å². The topological polar surface area (TPSA) is 75.0 Å². The Bertz CT molecular complexity index is 998. The first-order valence-corrected chi connectivity index (χ1v) is 8.69. The van der Waals surface area contributed by atoms with Crippen molar-refractivity contribution in [3.63, 3.8) is 0 Å². The summed E-state index contributed by atoms with van der Waals surface area (Å²) in [6.45, 7) is 0.320. The molecule has 1 aromatic heterocycles. The molecule has 27 heavy (non-hydrogen) atoms. The number of pyridine rings is 1. The molecule has 134 valence electrons. The van der Waals surface area contributed by atoms with E-state index in [0.717, 1.165) is 5.56 Å². The zero-order chi connectivity index (χ0) is 19.1. The molecule has 0 aliphatic rings. The second-order valence-corrected chi connectivity index (χ2v) is 6.10. The smallest absolute Gasteiger partial charge is 0.251 e. The van der Waals surface area contributed by atoms with Crippen LogP contribution in [-0.4, -0.2) is 17.4 Å². The number of aromatic nitrogens is 1. The number of benzene rings is 2. The van der Waals surface area contributed by atoms with Crippen molar-refractivity contribution in [1.82, 2.24) is 10.3 Å². The van der Waals surface area contributed by atoms with Crippen LogP contribution in [0, 0.1) is 11.3 Å². The minimum atomic E-state index is -0.224. The van der Waals surface area contributed by atoms with Gasteiger partial charge in [0.2, 0.25) is 5.88 Å². The van der Waals surface area contributed by atoms with Gasteiger partial charge in [-0.15, -0.1) is 0 Å². The van der Waals surface area contributed by atoms with Crippen molar-refractivity contribution in [1.29, 1.82) is 5.26 Å². The third-order valence-electron chi connectivity index (χ3n) is 3.68. The summed E-state index contributed by atoms with van der Waals surface area (Å²) in [5, 5.41) is 11.9. The van der Waals surface area contributed by atoms with Crippen LogP contribution in [0.4, 0.5) is 0 Å². The number of carbonyl (C=O) groups excluding carboxylic acids is 1. The first-order chi connectivity index (χ1) is 13.2. The molecule has 3 aromatic rings. The van der Waals surface area contributed by atoms with Crippen LogP contribution in [0.15, 0.2) is 66.7 Å². The number of hydrogen-bond donors (Lipinski definition) is 1. The lowest BCUT2D eigenvalue weighted by Gasteiger charge is -2.08. The van der Waals surface area contributed by atoms with E-state index < -0.39 is 0 Å². The number of carbonyl (C=O) groups is 1. The van der Waals surface area contributed by atoms with Gasteiger partial charge in [-0.1, -0.05) is 35.9 Å². The lowest BCUT2D eigenvalue weighted by Crippen LogP contribution is -2.24. The number of ether oxygens (including phenoxy) is 1. The third kappa shape index (κ3) is 5.06. The predicted octanol–water partition coefficient (Wildman–Crippen LogP) is 4.84. The number of nitrogens with zero attached hydrogens (tertiary/aromatic N) is 2. The molecule has 0 unspecified atom stereocenters. The lowest BCUT2D eigenvalue weighted by molar-refractivity contribution is 0.0954. The Morgan fingerprint density at radius 3 is 2.74 bits per heavy atom. The van der Waals surface area contributed by atoms with Crippen LogP contribution in [0.2, 0.25) is 5.02 Å². The molecular formula is C21H16ClN3O2. The molecule has 1 amide bonds. The average molecular weight is 378 g/mol. The average Bonchev–Trinajstić information content (AvgIpc) is 2.68. The van der Waals surface area contributed by atoms with Gasteiger partial charge >= 0.3 is 0 Å². The fraction of sp³-hybridized carbons (Fsp3) is 0.0952. The van der Waals surface area contributed by atoms with Crippen LogP contribution < -0.4 is 10.1 Å². The molecule has 0 saturated carbocycles. The molecule has 0 fully saturated rings. The summed E-state index contributed by atoms with van der Waals surface area (Å²) in [6, 6.07) is 21.6. The van der Waals surface area contributed by atoms with E-state index in [1.165, 1.54) is 0 Å². The Morgan fingerprint density at radius 2 is 1.93 bits per heavy atom. The molecule has 6 heteroatoms. The van der Waals surface area contributed by atoms with E-state index in [0.29, 0.717) is 34.5 Å². The van der Waals surface area contributed by atoms with E-state index in [9.17, 15) is 4.79 Å². The number of nitriles is 1. The van der Waals surface area contributed by atoms with Crippen LogP contribution in [0.1, 0.15) is 16.8 Å². The molecule has 0 aliphatic carbocycles. The van der Waals surface area contributed by atoms with E-state index in [4.69, 9.17) is 21.6 Å². The highest BCUT2D eigenvalue weighted by atomic mass is 35.5. The van der Waals surface area contributed by atoms with Gasteiger partial charge < -0.3 is 10.1 Å². The van der Waals surface area contributed by atoms with Crippen LogP contribution in [-0.2, 0) is 0 Å². The maximum Gasteiger partial charge on any atom is 0.251 e. The number of hydrogen-bond acceptors (Lipinski definition) is 4. The summed E-state index contributed by atoms with van der Waals surface area (Å²) >= 11 is 5.97. The highest BCUT2D eigenvalue weighted by Crippen LogP contribution is 2.25. The predicted molar refractivity (Wildman–Crippen MR) is 104 cm³/mol. The lowest BCUT2D eigenvalue weighted by atomic mass is 10.1. The molecule has 3 rings (SSSR count). The van der Waals surface area contributed by atoms with Crippen LogP contribution in [0.3, 0.4) is 0 Å². The van der Waals surface area contributed by atoms with Crippen LogP contribution in [0.25, 0.3) is 11.3 Å². The first-order valence-electron chi connectivity index (χ1n) is 8.32. The Labute approximate surface area is 162 Å². The number of amides is 1. The standard InChI is InChI=1S/C21H16ClN3O2/c22-17-7-2-8-18(14-17)27-20-10-3-9-19(25-20)15-5-1-6-16(13-15)21(26)24-12-4-11-23/h1-3,5-10,13-14H,4,12H2,(H,24,26). The fourth-order valence-corrected chi connectivity index (χ4v) is 2.62.